The van der Waals surface area contributed by atoms with E-state index in [1.54, 1.807) is 0 Å². The van der Waals surface area contributed by atoms with E-state index < -0.39 is 8.24 Å². The normalized spacial score (nSPS) is 12.3. The van der Waals surface area contributed by atoms with Gasteiger partial charge in [-0.15, -0.1) is 0 Å². The van der Waals surface area contributed by atoms with Gasteiger partial charge in [0.2, 0.25) is 0 Å². The Bertz CT molecular complexity index is 1200. The minimum Gasteiger partial charge on any atom is -0.359 e. The molecule has 0 radical (unpaired) electrons. The van der Waals surface area contributed by atoms with Crippen molar-refractivity contribution in [2.24, 2.45) is 0 Å². The molecule has 0 atom stereocenters. The van der Waals surface area contributed by atoms with Crippen LogP contribution in [0.4, 0.5) is 0 Å². The van der Waals surface area contributed by atoms with E-state index in [1.165, 1.54) is 14.5 Å². The van der Waals surface area contributed by atoms with Crippen LogP contribution in [0.3, 0.4) is 0 Å². The third kappa shape index (κ3) is 4.26. The number of halogens is 2. The highest BCUT2D eigenvalue weighted by Gasteiger charge is 2.46. The first-order chi connectivity index (χ1) is 15.0. The average molecular weight is 581 g/mol. The summed E-state index contributed by atoms with van der Waals surface area (Å²) >= 11 is 8.83. The molecule has 0 saturated heterocycles. The van der Waals surface area contributed by atoms with Crippen LogP contribution in [0.15, 0.2) is 36.9 Å². The predicted octanol–water partition coefficient (Wildman–Crippen LogP) is 8.50. The minimum absolute atomic E-state index is 0.648. The first kappa shape index (κ1) is 25.2. The summed E-state index contributed by atoms with van der Waals surface area (Å²) < 4.78 is 3.79. The SMILES string of the molecule is Cc1cnc2[nH]ccc2c1I.Cc1cnc2c(ccn2[Si](C(C)C)(C(C)C)C(C)C)c1Cl. The van der Waals surface area contributed by atoms with Crippen LogP contribution in [0.1, 0.15) is 52.7 Å². The van der Waals surface area contributed by atoms with E-state index >= 15 is 0 Å². The molecule has 7 heteroatoms. The number of rotatable bonds is 4. The van der Waals surface area contributed by atoms with E-state index in [-0.39, 0.29) is 0 Å². The van der Waals surface area contributed by atoms with Crippen LogP contribution in [0.2, 0.25) is 21.6 Å². The van der Waals surface area contributed by atoms with Crippen molar-refractivity contribution in [3.8, 4) is 0 Å². The van der Waals surface area contributed by atoms with E-state index in [2.05, 4.69) is 104 Å². The first-order valence-corrected chi connectivity index (χ1v) is 14.9. The molecule has 4 aromatic rings. The molecule has 1 N–H and O–H groups in total. The van der Waals surface area contributed by atoms with Gasteiger partial charge in [0.15, 0.2) is 8.24 Å². The fourth-order valence-corrected chi connectivity index (χ4v) is 12.7. The van der Waals surface area contributed by atoms with Crippen LogP contribution in [-0.4, -0.2) is 27.4 Å². The van der Waals surface area contributed by atoms with Crippen LogP contribution in [0.25, 0.3) is 22.1 Å². The number of aromatic amines is 1. The first-order valence-electron chi connectivity index (χ1n) is 11.2. The van der Waals surface area contributed by atoms with Gasteiger partial charge in [-0.3, -0.25) is 0 Å². The molecule has 4 aromatic heterocycles. The smallest absolute Gasteiger partial charge is 0.171 e. The molecule has 0 amide bonds. The van der Waals surface area contributed by atoms with E-state index in [1.807, 2.05) is 25.5 Å². The Morgan fingerprint density at radius 3 is 2.09 bits per heavy atom. The van der Waals surface area contributed by atoms with E-state index in [0.717, 1.165) is 27.3 Å². The van der Waals surface area contributed by atoms with E-state index in [4.69, 9.17) is 16.6 Å². The van der Waals surface area contributed by atoms with Gasteiger partial charge in [0.1, 0.15) is 11.3 Å². The second-order valence-corrected chi connectivity index (χ2v) is 16.7. The highest BCUT2D eigenvalue weighted by atomic mass is 127. The van der Waals surface area contributed by atoms with Crippen molar-refractivity contribution in [1.29, 1.82) is 0 Å². The molecule has 0 aromatic carbocycles. The van der Waals surface area contributed by atoms with Crippen LogP contribution < -0.4 is 0 Å². The summed E-state index contributed by atoms with van der Waals surface area (Å²) in [5.41, 5.74) is 6.26. The Balaban J connectivity index is 0.000000219. The molecule has 0 saturated carbocycles. The summed E-state index contributed by atoms with van der Waals surface area (Å²) in [6.07, 6.45) is 7.94. The number of hydrogen-bond acceptors (Lipinski definition) is 2. The van der Waals surface area contributed by atoms with Gasteiger partial charge < -0.3 is 9.22 Å². The summed E-state index contributed by atoms with van der Waals surface area (Å²) in [6, 6.07) is 4.20. The fourth-order valence-electron chi connectivity index (χ4n) is 5.38. The molecule has 172 valence electrons. The molecule has 4 nitrogen and oxygen atoms in total. The number of aryl methyl sites for hydroxylation is 2. The van der Waals surface area contributed by atoms with Crippen LogP contribution in [0, 0.1) is 17.4 Å². The largest absolute Gasteiger partial charge is 0.359 e. The van der Waals surface area contributed by atoms with Crippen LogP contribution in [0.5, 0.6) is 0 Å². The summed E-state index contributed by atoms with van der Waals surface area (Å²) in [6.45, 7) is 18.3. The second-order valence-electron chi connectivity index (χ2n) is 9.52. The van der Waals surface area contributed by atoms with E-state index in [9.17, 15) is 0 Å². The maximum atomic E-state index is 6.49. The highest BCUT2D eigenvalue weighted by molar-refractivity contribution is 14.1. The number of hydrogen-bond donors (Lipinski definition) is 1. The minimum atomic E-state index is -1.76. The number of nitrogens with zero attached hydrogens (tertiary/aromatic N) is 3. The van der Waals surface area contributed by atoms with Gasteiger partial charge in [0, 0.05) is 32.9 Å². The number of H-pyrrole nitrogens is 1. The Labute approximate surface area is 211 Å². The van der Waals surface area contributed by atoms with Crippen LogP contribution in [-0.2, 0) is 0 Å². The Morgan fingerprint density at radius 2 is 1.50 bits per heavy atom. The van der Waals surface area contributed by atoms with Crippen molar-refractivity contribution in [2.75, 3.05) is 0 Å². The number of fused-ring (bicyclic) bond motifs is 2. The summed E-state index contributed by atoms with van der Waals surface area (Å²) in [7, 11) is -1.76. The van der Waals surface area contributed by atoms with Gasteiger partial charge in [0.05, 0.1) is 5.02 Å². The van der Waals surface area contributed by atoms with Gasteiger partial charge >= 0.3 is 0 Å². The molecule has 0 aliphatic rings. The summed E-state index contributed by atoms with van der Waals surface area (Å²) in [4.78, 5) is 12.0. The predicted molar refractivity (Wildman–Crippen MR) is 149 cm³/mol. The van der Waals surface area contributed by atoms with Gasteiger partial charge in [0.25, 0.3) is 0 Å². The second kappa shape index (κ2) is 9.85. The van der Waals surface area contributed by atoms with E-state index in [0.29, 0.717) is 16.6 Å². The maximum absolute atomic E-state index is 6.49. The lowest BCUT2D eigenvalue weighted by molar-refractivity contribution is 0.770. The molecule has 4 heterocycles. The average Bonchev–Trinajstić information content (AvgIpc) is 3.36. The molecule has 0 fully saturated rings. The molecular weight excluding hydrogens is 547 g/mol. The Kier molecular flexibility index (Phi) is 7.77. The van der Waals surface area contributed by atoms with Crippen molar-refractivity contribution < 1.29 is 0 Å². The zero-order valence-electron chi connectivity index (χ0n) is 20.3. The van der Waals surface area contributed by atoms with Crippen molar-refractivity contribution in [1.82, 2.24) is 19.2 Å². The Morgan fingerprint density at radius 1 is 0.906 bits per heavy atom. The molecule has 4 rings (SSSR count). The molecule has 0 spiro atoms. The monoisotopic (exact) mass is 580 g/mol. The van der Waals surface area contributed by atoms with Gasteiger partial charge in [-0.25, -0.2) is 9.97 Å². The molecule has 0 unspecified atom stereocenters. The van der Waals surface area contributed by atoms with Gasteiger partial charge in [-0.05, 0) is 82.5 Å². The summed E-state index contributed by atoms with van der Waals surface area (Å²) in [5, 5.41) is 3.15. The summed E-state index contributed by atoms with van der Waals surface area (Å²) in [5.74, 6) is 0. The van der Waals surface area contributed by atoms with Crippen molar-refractivity contribution in [3.05, 3.63) is 56.6 Å². The lowest BCUT2D eigenvalue weighted by atomic mass is 10.2. The molecule has 32 heavy (non-hydrogen) atoms. The zero-order chi connectivity index (χ0) is 23.8. The van der Waals surface area contributed by atoms with Crippen LogP contribution >= 0.6 is 34.2 Å². The molecule has 0 aliphatic carbocycles. The molecule has 0 aliphatic heterocycles. The number of pyridine rings is 2. The van der Waals surface area contributed by atoms with Gasteiger partial charge in [-0.1, -0.05) is 53.1 Å². The molecule has 0 bridgehead atoms. The number of nitrogens with one attached hydrogen (secondary N) is 1. The molecular formula is C25H34ClIN4Si. The standard InChI is InChI=1S/C17H27ClN2Si.C8H7IN2/c1-11(2)21(12(3)4,13(5)6)20-9-8-15-16(18)14(7)10-19-17(15)20;1-5-4-11-8-6(7(5)9)2-3-10-8/h8-13H,1-7H3;2-4H,1H3,(H,10,11). The number of aromatic nitrogens is 4. The van der Waals surface area contributed by atoms with Crippen molar-refractivity contribution >= 4 is 64.5 Å². The lowest BCUT2D eigenvalue weighted by Crippen LogP contribution is -2.51. The fraction of sp³-hybridized carbons (Fsp3) is 0.440. The Hall–Kier alpha value is -1.38. The zero-order valence-corrected chi connectivity index (χ0v) is 24.2. The lowest BCUT2D eigenvalue weighted by Gasteiger charge is -2.44. The quantitative estimate of drug-likeness (QED) is 0.194. The third-order valence-electron chi connectivity index (χ3n) is 6.71. The third-order valence-corrected chi connectivity index (χ3v) is 15.4. The topological polar surface area (TPSA) is 46.5 Å². The van der Waals surface area contributed by atoms with Gasteiger partial charge in [-0.2, -0.15) is 0 Å². The maximum Gasteiger partial charge on any atom is 0.171 e. The highest BCUT2D eigenvalue weighted by Crippen LogP contribution is 2.44. The van der Waals surface area contributed by atoms with Crippen molar-refractivity contribution in [3.63, 3.8) is 0 Å². The van der Waals surface area contributed by atoms with Crippen molar-refractivity contribution in [2.45, 2.75) is 72.0 Å².